The minimum absolute atomic E-state index is 0.147. The normalized spacial score (nSPS) is 17.4. The van der Waals surface area contributed by atoms with Crippen LogP contribution in [0.1, 0.15) is 34.7 Å². The molecule has 1 spiro atoms. The van der Waals surface area contributed by atoms with Gasteiger partial charge in [-0.05, 0) is 24.8 Å². The Morgan fingerprint density at radius 1 is 1.16 bits per heavy atom. The lowest BCUT2D eigenvalue weighted by Crippen LogP contribution is -2.49. The highest BCUT2D eigenvalue weighted by molar-refractivity contribution is 5.90. The Balaban J connectivity index is 1.39. The summed E-state index contributed by atoms with van der Waals surface area (Å²) in [5.41, 5.74) is 2.57. The summed E-state index contributed by atoms with van der Waals surface area (Å²) in [5, 5.41) is 4.18. The van der Waals surface area contributed by atoms with Crippen molar-refractivity contribution in [3.05, 3.63) is 53.6 Å². The molecule has 0 atom stereocenters. The molecule has 3 aromatic rings. The summed E-state index contributed by atoms with van der Waals surface area (Å²) in [6.07, 6.45) is 4.06. The first-order valence-corrected chi connectivity index (χ1v) is 10.4. The van der Waals surface area contributed by atoms with Crippen LogP contribution in [0.3, 0.4) is 0 Å². The molecule has 4 heterocycles. The van der Waals surface area contributed by atoms with Crippen molar-refractivity contribution in [3.8, 4) is 17.4 Å². The van der Waals surface area contributed by atoms with Crippen molar-refractivity contribution < 1.29 is 14.3 Å². The number of hydrogen-bond donors (Lipinski definition) is 0. The Labute approximate surface area is 180 Å². The number of benzene rings is 1. The van der Waals surface area contributed by atoms with Crippen LogP contribution < -0.4 is 4.74 Å². The smallest absolute Gasteiger partial charge is 0.314 e. The average molecular weight is 420 g/mol. The first-order valence-electron chi connectivity index (χ1n) is 10.4. The number of aryl methyl sites for hydroxylation is 1. The topological polar surface area (TPSA) is 95.3 Å². The van der Waals surface area contributed by atoms with E-state index in [1.807, 2.05) is 36.5 Å². The first kappa shape index (κ1) is 19.6. The number of fused-ring (bicyclic) bond motifs is 2. The maximum Gasteiger partial charge on any atom is 0.314 e. The van der Waals surface area contributed by atoms with Crippen molar-refractivity contribution in [3.63, 3.8) is 0 Å². The second kappa shape index (κ2) is 7.73. The molecule has 9 heteroatoms. The van der Waals surface area contributed by atoms with E-state index in [1.54, 1.807) is 11.9 Å². The zero-order valence-corrected chi connectivity index (χ0v) is 17.6. The number of amides is 1. The molecule has 31 heavy (non-hydrogen) atoms. The van der Waals surface area contributed by atoms with Gasteiger partial charge in [0, 0.05) is 31.9 Å². The molecule has 2 aliphatic heterocycles. The number of methoxy groups -OCH3 is 1. The molecule has 1 fully saturated rings. The van der Waals surface area contributed by atoms with Crippen LogP contribution in [0.4, 0.5) is 0 Å². The first-order chi connectivity index (χ1) is 15.1. The van der Waals surface area contributed by atoms with Crippen LogP contribution in [-0.4, -0.2) is 62.3 Å². The van der Waals surface area contributed by atoms with Crippen LogP contribution in [0.25, 0.3) is 11.4 Å². The largest absolute Gasteiger partial charge is 0.467 e. The fraction of sp³-hybridized carbons (Fsp3) is 0.409. The summed E-state index contributed by atoms with van der Waals surface area (Å²) < 4.78 is 12.9. The molecule has 0 radical (unpaired) electrons. The van der Waals surface area contributed by atoms with Crippen LogP contribution in [0.5, 0.6) is 6.01 Å². The van der Waals surface area contributed by atoms with Gasteiger partial charge in [-0.1, -0.05) is 30.3 Å². The maximum atomic E-state index is 12.9. The van der Waals surface area contributed by atoms with Gasteiger partial charge in [0.25, 0.3) is 5.91 Å². The zero-order valence-electron chi connectivity index (χ0n) is 17.6. The zero-order chi connectivity index (χ0) is 21.4. The molecule has 160 valence electrons. The van der Waals surface area contributed by atoms with Gasteiger partial charge in [0.1, 0.15) is 5.60 Å². The molecular weight excluding hydrogens is 396 g/mol. The van der Waals surface area contributed by atoms with E-state index < -0.39 is 5.60 Å². The fourth-order valence-electron chi connectivity index (χ4n) is 4.37. The molecule has 5 rings (SSSR count). The van der Waals surface area contributed by atoms with Gasteiger partial charge in [0.05, 0.1) is 19.4 Å². The lowest BCUT2D eigenvalue weighted by atomic mass is 9.83. The molecule has 0 bridgehead atoms. The van der Waals surface area contributed by atoms with E-state index in [2.05, 4.69) is 15.1 Å². The quantitative estimate of drug-likeness (QED) is 0.639. The second-order valence-corrected chi connectivity index (χ2v) is 7.86. The number of aromatic nitrogens is 5. The third-order valence-electron chi connectivity index (χ3n) is 6.03. The van der Waals surface area contributed by atoms with E-state index in [9.17, 15) is 4.79 Å². The molecule has 9 nitrogen and oxygen atoms in total. The van der Waals surface area contributed by atoms with E-state index in [0.717, 1.165) is 23.2 Å². The van der Waals surface area contributed by atoms with E-state index in [4.69, 9.17) is 14.5 Å². The fourth-order valence-corrected chi connectivity index (χ4v) is 4.37. The number of likely N-dealkylation sites (tertiary alicyclic amines) is 1. The van der Waals surface area contributed by atoms with Gasteiger partial charge < -0.3 is 14.4 Å². The summed E-state index contributed by atoms with van der Waals surface area (Å²) in [6.45, 7) is 1.72. The molecule has 0 N–H and O–H groups in total. The molecule has 0 saturated carbocycles. The van der Waals surface area contributed by atoms with Crippen molar-refractivity contribution in [2.75, 3.05) is 26.8 Å². The standard InChI is InChI=1S/C22H24N6O3/c1-27-21(30-2)25-19(26-27)20(29)28-11-9-22(10-12-28)17-16(8-13-31-22)14-23-18(24-17)15-6-4-3-5-7-15/h3-7,14H,8-13H2,1-2H3. The third-order valence-corrected chi connectivity index (χ3v) is 6.03. The van der Waals surface area contributed by atoms with Crippen LogP contribution >= 0.6 is 0 Å². The number of ether oxygens (including phenoxy) is 2. The lowest BCUT2D eigenvalue weighted by molar-refractivity contribution is -0.0967. The molecule has 0 unspecified atom stereocenters. The van der Waals surface area contributed by atoms with Gasteiger partial charge in [-0.15, -0.1) is 5.10 Å². The highest BCUT2D eigenvalue weighted by Gasteiger charge is 2.44. The number of piperidine rings is 1. The molecule has 1 aromatic carbocycles. The van der Waals surface area contributed by atoms with E-state index >= 15 is 0 Å². The number of nitrogens with zero attached hydrogens (tertiary/aromatic N) is 6. The minimum Gasteiger partial charge on any atom is -0.467 e. The Hall–Kier alpha value is -3.33. The summed E-state index contributed by atoms with van der Waals surface area (Å²) in [6, 6.07) is 10.3. The molecule has 1 saturated heterocycles. The van der Waals surface area contributed by atoms with Crippen molar-refractivity contribution in [1.82, 2.24) is 29.6 Å². The Kier molecular flexibility index (Phi) is 4.90. The van der Waals surface area contributed by atoms with E-state index in [1.165, 1.54) is 11.8 Å². The maximum absolute atomic E-state index is 12.9. The molecule has 0 aliphatic carbocycles. The number of rotatable bonds is 3. The van der Waals surface area contributed by atoms with Crippen molar-refractivity contribution >= 4 is 5.91 Å². The average Bonchev–Trinajstić information content (AvgIpc) is 3.20. The monoisotopic (exact) mass is 420 g/mol. The van der Waals surface area contributed by atoms with E-state index in [0.29, 0.717) is 44.4 Å². The van der Waals surface area contributed by atoms with Gasteiger partial charge in [0.2, 0.25) is 5.82 Å². The molecule has 2 aromatic heterocycles. The summed E-state index contributed by atoms with van der Waals surface area (Å²) >= 11 is 0. The van der Waals surface area contributed by atoms with Crippen LogP contribution in [0.15, 0.2) is 36.5 Å². The highest BCUT2D eigenvalue weighted by Crippen LogP contribution is 2.41. The van der Waals surface area contributed by atoms with Gasteiger partial charge in [0.15, 0.2) is 5.82 Å². The van der Waals surface area contributed by atoms with Crippen LogP contribution in [0, 0.1) is 0 Å². The van der Waals surface area contributed by atoms with Gasteiger partial charge in [-0.25, -0.2) is 14.6 Å². The lowest BCUT2D eigenvalue weighted by Gasteiger charge is -2.43. The Morgan fingerprint density at radius 2 is 1.94 bits per heavy atom. The number of hydrogen-bond acceptors (Lipinski definition) is 7. The number of carbonyl (C=O) groups is 1. The molecule has 1 amide bonds. The third kappa shape index (κ3) is 3.44. The predicted molar refractivity (Wildman–Crippen MR) is 111 cm³/mol. The van der Waals surface area contributed by atoms with Crippen LogP contribution in [0.2, 0.25) is 0 Å². The second-order valence-electron chi connectivity index (χ2n) is 7.86. The van der Waals surface area contributed by atoms with Crippen molar-refractivity contribution in [2.45, 2.75) is 24.9 Å². The number of carbonyl (C=O) groups excluding carboxylic acids is 1. The van der Waals surface area contributed by atoms with Gasteiger partial charge in [-0.3, -0.25) is 4.79 Å². The van der Waals surface area contributed by atoms with E-state index in [-0.39, 0.29) is 11.7 Å². The predicted octanol–water partition coefficient (Wildman–Crippen LogP) is 1.98. The van der Waals surface area contributed by atoms with Crippen molar-refractivity contribution in [1.29, 1.82) is 0 Å². The summed E-state index contributed by atoms with van der Waals surface area (Å²) in [7, 11) is 3.21. The minimum atomic E-state index is -0.494. The Bertz CT molecular complexity index is 1110. The Morgan fingerprint density at radius 3 is 2.65 bits per heavy atom. The van der Waals surface area contributed by atoms with Crippen molar-refractivity contribution in [2.24, 2.45) is 7.05 Å². The highest BCUT2D eigenvalue weighted by atomic mass is 16.5. The molecule has 2 aliphatic rings. The van der Waals surface area contributed by atoms with Gasteiger partial charge >= 0.3 is 6.01 Å². The summed E-state index contributed by atoms with van der Waals surface area (Å²) in [4.78, 5) is 28.4. The molecular formula is C22H24N6O3. The SMILES string of the molecule is COc1nc(C(=O)N2CCC3(CC2)OCCc2cnc(-c4ccccc4)nc23)nn1C. The van der Waals surface area contributed by atoms with Gasteiger partial charge in [-0.2, -0.15) is 4.98 Å². The summed E-state index contributed by atoms with van der Waals surface area (Å²) in [5.74, 6) is 0.652. The van der Waals surface area contributed by atoms with Crippen LogP contribution in [-0.2, 0) is 23.8 Å².